The molecule has 7 heteroatoms. The van der Waals surface area contributed by atoms with Gasteiger partial charge >= 0.3 is 5.82 Å². The largest absolute Gasteiger partial charge is 0.381 e. The van der Waals surface area contributed by atoms with Crippen LogP contribution in [0.2, 0.25) is 0 Å². The zero-order valence-corrected chi connectivity index (χ0v) is 6.41. The number of rotatable bonds is 2. The van der Waals surface area contributed by atoms with Gasteiger partial charge in [-0.25, -0.2) is 0 Å². The number of H-pyrrole nitrogens is 1. The van der Waals surface area contributed by atoms with Crippen LogP contribution in [0.1, 0.15) is 0 Å². The Morgan fingerprint density at radius 1 is 1.62 bits per heavy atom. The highest BCUT2D eigenvalue weighted by molar-refractivity contribution is 5.24. The van der Waals surface area contributed by atoms with E-state index in [1.165, 1.54) is 17.1 Å². The number of imidazole rings is 1. The zero-order chi connectivity index (χ0) is 9.26. The molecule has 2 rings (SSSR count). The topological polar surface area (TPSA) is 89.6 Å². The summed E-state index contributed by atoms with van der Waals surface area (Å²) in [4.78, 5) is 13.3. The van der Waals surface area contributed by atoms with Gasteiger partial charge < -0.3 is 10.1 Å². The molecule has 7 nitrogen and oxygen atoms in total. The zero-order valence-electron chi connectivity index (χ0n) is 6.41. The molecule has 1 N–H and O–H groups in total. The summed E-state index contributed by atoms with van der Waals surface area (Å²) in [6.07, 6.45) is 4.22. The van der Waals surface area contributed by atoms with E-state index in [0.29, 0.717) is 5.82 Å². The van der Waals surface area contributed by atoms with Crippen LogP contribution in [0.15, 0.2) is 24.8 Å². The lowest BCUT2D eigenvalue weighted by atomic mass is 10.6. The Hall–Kier alpha value is -2.18. The summed E-state index contributed by atoms with van der Waals surface area (Å²) >= 11 is 0. The fraction of sp³-hybridized carbons (Fsp3) is 0. The van der Waals surface area contributed by atoms with Gasteiger partial charge in [0.1, 0.15) is 12.0 Å². The highest BCUT2D eigenvalue weighted by Gasteiger charge is 2.10. The third-order valence-corrected chi connectivity index (χ3v) is 1.52. The van der Waals surface area contributed by atoms with Gasteiger partial charge in [0.25, 0.3) is 0 Å². The van der Waals surface area contributed by atoms with E-state index >= 15 is 0 Å². The van der Waals surface area contributed by atoms with E-state index in [-0.39, 0.29) is 5.82 Å². The van der Waals surface area contributed by atoms with Crippen molar-refractivity contribution in [3.63, 3.8) is 0 Å². The molecule has 2 aromatic rings. The molecule has 2 heterocycles. The van der Waals surface area contributed by atoms with Gasteiger partial charge in [0.15, 0.2) is 0 Å². The van der Waals surface area contributed by atoms with Crippen LogP contribution in [0.3, 0.4) is 0 Å². The molecule has 0 bridgehead atoms. The van der Waals surface area contributed by atoms with Crippen molar-refractivity contribution < 1.29 is 4.92 Å². The van der Waals surface area contributed by atoms with Gasteiger partial charge in [-0.05, 0) is 9.91 Å². The van der Waals surface area contributed by atoms with Crippen LogP contribution in [0.25, 0.3) is 5.82 Å². The van der Waals surface area contributed by atoms with E-state index in [2.05, 4.69) is 15.2 Å². The number of nitrogens with zero attached hydrogens (tertiary/aromatic N) is 4. The predicted octanol–water partition coefficient (Wildman–Crippen LogP) is 0.504. The average molecular weight is 179 g/mol. The molecule has 0 amide bonds. The first-order valence-electron chi connectivity index (χ1n) is 3.45. The predicted molar refractivity (Wildman–Crippen MR) is 42.4 cm³/mol. The third kappa shape index (κ3) is 1.26. The Morgan fingerprint density at radius 3 is 3.00 bits per heavy atom. The smallest absolute Gasteiger partial charge is 0.358 e. The molecule has 0 unspecified atom stereocenters. The number of aromatic amines is 1. The summed E-state index contributed by atoms with van der Waals surface area (Å²) in [7, 11) is 0. The summed E-state index contributed by atoms with van der Waals surface area (Å²) in [5, 5.41) is 16.7. The molecule has 0 saturated heterocycles. The van der Waals surface area contributed by atoms with Crippen LogP contribution in [0.5, 0.6) is 0 Å². The van der Waals surface area contributed by atoms with E-state index in [4.69, 9.17) is 0 Å². The molecule has 0 aliphatic heterocycles. The standard InChI is InChI=1S/C6H5N5O2/c12-11(13)6-3-10(4-7-6)5-1-2-8-9-5/h1-4H,(H,8,9). The minimum atomic E-state index is -0.549. The maximum atomic E-state index is 10.3. The monoisotopic (exact) mass is 179 g/mol. The average Bonchev–Trinajstić information content (AvgIpc) is 2.75. The van der Waals surface area contributed by atoms with Crippen LogP contribution in [0, 0.1) is 10.1 Å². The van der Waals surface area contributed by atoms with Crippen molar-refractivity contribution in [2.24, 2.45) is 0 Å². The minimum Gasteiger partial charge on any atom is -0.358 e. The molecule has 0 fully saturated rings. The van der Waals surface area contributed by atoms with Crippen molar-refractivity contribution >= 4 is 5.82 Å². The van der Waals surface area contributed by atoms with Gasteiger partial charge in [0, 0.05) is 6.07 Å². The first-order chi connectivity index (χ1) is 6.27. The number of aromatic nitrogens is 4. The SMILES string of the molecule is O=[N+]([O-])c1cn(-c2ccn[nH]2)cn1. The molecule has 0 radical (unpaired) electrons. The highest BCUT2D eigenvalue weighted by Crippen LogP contribution is 2.09. The van der Waals surface area contributed by atoms with Crippen molar-refractivity contribution in [2.45, 2.75) is 0 Å². The lowest BCUT2D eigenvalue weighted by Crippen LogP contribution is -1.90. The van der Waals surface area contributed by atoms with E-state index < -0.39 is 4.92 Å². The van der Waals surface area contributed by atoms with Crippen LogP contribution in [0.4, 0.5) is 5.82 Å². The van der Waals surface area contributed by atoms with E-state index in [1.807, 2.05) is 0 Å². The Bertz CT molecular complexity index is 418. The van der Waals surface area contributed by atoms with Gasteiger partial charge in [-0.3, -0.25) is 9.67 Å². The van der Waals surface area contributed by atoms with Crippen LogP contribution in [-0.2, 0) is 0 Å². The molecule has 0 atom stereocenters. The molecule has 2 aromatic heterocycles. The first kappa shape index (κ1) is 7.47. The van der Waals surface area contributed by atoms with Crippen LogP contribution >= 0.6 is 0 Å². The Morgan fingerprint density at radius 2 is 2.46 bits per heavy atom. The van der Waals surface area contributed by atoms with Gasteiger partial charge in [-0.2, -0.15) is 5.10 Å². The van der Waals surface area contributed by atoms with E-state index in [1.54, 1.807) is 12.3 Å². The summed E-state index contributed by atoms with van der Waals surface area (Å²) in [5.41, 5.74) is 0. The number of hydrogen-bond acceptors (Lipinski definition) is 4. The molecule has 0 aliphatic carbocycles. The summed E-state index contributed by atoms with van der Waals surface area (Å²) < 4.78 is 1.49. The molecule has 0 aromatic carbocycles. The van der Waals surface area contributed by atoms with Crippen molar-refractivity contribution in [3.8, 4) is 5.82 Å². The van der Waals surface area contributed by atoms with Crippen molar-refractivity contribution in [1.29, 1.82) is 0 Å². The van der Waals surface area contributed by atoms with Gasteiger partial charge in [-0.15, -0.1) is 0 Å². The lowest BCUT2D eigenvalue weighted by molar-refractivity contribution is -0.389. The normalized spacial score (nSPS) is 10.2. The summed E-state index contributed by atoms with van der Waals surface area (Å²) in [6, 6.07) is 1.69. The second kappa shape index (κ2) is 2.70. The molecule has 13 heavy (non-hydrogen) atoms. The molecule has 0 saturated carbocycles. The molecular weight excluding hydrogens is 174 g/mol. The van der Waals surface area contributed by atoms with Crippen molar-refractivity contribution in [3.05, 3.63) is 34.9 Å². The first-order valence-corrected chi connectivity index (χ1v) is 3.45. The van der Waals surface area contributed by atoms with Crippen LogP contribution in [-0.4, -0.2) is 24.7 Å². The van der Waals surface area contributed by atoms with Crippen molar-refractivity contribution in [2.75, 3.05) is 0 Å². The van der Waals surface area contributed by atoms with Crippen molar-refractivity contribution in [1.82, 2.24) is 19.7 Å². The van der Waals surface area contributed by atoms with E-state index in [0.717, 1.165) is 0 Å². The lowest BCUT2D eigenvalue weighted by Gasteiger charge is -1.90. The third-order valence-electron chi connectivity index (χ3n) is 1.52. The quantitative estimate of drug-likeness (QED) is 0.537. The Labute approximate surface area is 72.2 Å². The van der Waals surface area contributed by atoms with E-state index in [9.17, 15) is 10.1 Å². The molecular formula is C6H5N5O2. The minimum absolute atomic E-state index is 0.186. The van der Waals surface area contributed by atoms with Crippen LogP contribution < -0.4 is 0 Å². The maximum Gasteiger partial charge on any atom is 0.381 e. The fourth-order valence-corrected chi connectivity index (χ4v) is 0.931. The maximum absolute atomic E-state index is 10.3. The van der Waals surface area contributed by atoms with Gasteiger partial charge in [0.2, 0.25) is 6.33 Å². The number of hydrogen-bond donors (Lipinski definition) is 1. The van der Waals surface area contributed by atoms with Gasteiger partial charge in [-0.1, -0.05) is 0 Å². The summed E-state index contributed by atoms with van der Waals surface area (Å²) in [5.74, 6) is 0.454. The second-order valence-electron chi connectivity index (χ2n) is 2.34. The highest BCUT2D eigenvalue weighted by atomic mass is 16.6. The Kier molecular flexibility index (Phi) is 1.55. The second-order valence-corrected chi connectivity index (χ2v) is 2.34. The fourth-order valence-electron chi connectivity index (χ4n) is 0.931. The molecule has 0 aliphatic rings. The number of nitrogens with one attached hydrogen (secondary N) is 1. The molecule has 0 spiro atoms. The summed E-state index contributed by atoms with van der Waals surface area (Å²) in [6.45, 7) is 0. The molecule has 66 valence electrons. The van der Waals surface area contributed by atoms with Gasteiger partial charge in [0.05, 0.1) is 6.20 Å². The Balaban J connectivity index is 2.39. The number of nitro groups is 1.